The Morgan fingerprint density at radius 3 is 2.75 bits per heavy atom. The largest absolute Gasteiger partial charge is 0.396 e. The number of aryl methyl sites for hydroxylation is 1. The lowest BCUT2D eigenvalue weighted by atomic mass is 9.76. The number of piperidine rings is 1. The lowest BCUT2D eigenvalue weighted by molar-refractivity contribution is 0.0227. The first kappa shape index (κ1) is 16.7. The van der Waals surface area contributed by atoms with Crippen molar-refractivity contribution >= 4 is 5.91 Å². The number of aliphatic hydroxyl groups excluding tert-OH is 1. The minimum Gasteiger partial charge on any atom is -0.396 e. The van der Waals surface area contributed by atoms with Crippen LogP contribution in [0, 0.1) is 5.41 Å². The first-order valence-electron chi connectivity index (χ1n) is 8.57. The Labute approximate surface area is 143 Å². The molecule has 0 bridgehead atoms. The third-order valence-corrected chi connectivity index (χ3v) is 4.98. The fourth-order valence-corrected chi connectivity index (χ4v) is 3.52. The van der Waals surface area contributed by atoms with Crippen LogP contribution < -0.4 is 0 Å². The van der Waals surface area contributed by atoms with E-state index in [1.54, 1.807) is 24.5 Å². The maximum atomic E-state index is 12.7. The smallest absolute Gasteiger partial charge is 0.255 e. The molecular formula is C20H24N2O2. The second kappa shape index (κ2) is 7.58. The minimum atomic E-state index is -0.202. The number of rotatable bonds is 5. The summed E-state index contributed by atoms with van der Waals surface area (Å²) in [6.07, 6.45) is 7.00. The molecule has 0 radical (unpaired) electrons. The zero-order chi connectivity index (χ0) is 16.8. The van der Waals surface area contributed by atoms with Gasteiger partial charge in [0, 0.05) is 30.9 Å². The van der Waals surface area contributed by atoms with Crippen LogP contribution in [0.25, 0.3) is 0 Å². The number of amides is 1. The fourth-order valence-electron chi connectivity index (χ4n) is 3.52. The lowest BCUT2D eigenvalue weighted by Crippen LogP contribution is -2.48. The van der Waals surface area contributed by atoms with Gasteiger partial charge < -0.3 is 10.0 Å². The van der Waals surface area contributed by atoms with Gasteiger partial charge in [0.05, 0.1) is 12.2 Å². The number of aromatic nitrogens is 1. The van der Waals surface area contributed by atoms with Crippen molar-refractivity contribution in [3.63, 3.8) is 0 Å². The van der Waals surface area contributed by atoms with Gasteiger partial charge >= 0.3 is 0 Å². The first-order valence-corrected chi connectivity index (χ1v) is 8.57. The molecule has 1 saturated heterocycles. The molecule has 126 valence electrons. The summed E-state index contributed by atoms with van der Waals surface area (Å²) in [5.41, 5.74) is 1.70. The number of pyridine rings is 1. The molecule has 0 saturated carbocycles. The quantitative estimate of drug-likeness (QED) is 0.920. The molecule has 1 N–H and O–H groups in total. The van der Waals surface area contributed by atoms with Crippen molar-refractivity contribution in [2.45, 2.75) is 25.7 Å². The van der Waals surface area contributed by atoms with Crippen molar-refractivity contribution in [2.75, 3.05) is 19.7 Å². The van der Waals surface area contributed by atoms with E-state index in [4.69, 9.17) is 0 Å². The number of hydrogen-bond donors (Lipinski definition) is 1. The van der Waals surface area contributed by atoms with Gasteiger partial charge in [-0.05, 0) is 43.4 Å². The van der Waals surface area contributed by atoms with E-state index in [0.717, 1.165) is 32.2 Å². The molecule has 24 heavy (non-hydrogen) atoms. The highest BCUT2D eigenvalue weighted by Crippen LogP contribution is 2.34. The van der Waals surface area contributed by atoms with Crippen LogP contribution in [0.5, 0.6) is 0 Å². The molecule has 4 heteroatoms. The van der Waals surface area contributed by atoms with Crippen molar-refractivity contribution in [3.05, 3.63) is 66.0 Å². The Bertz CT molecular complexity index is 660. The monoisotopic (exact) mass is 324 g/mol. The van der Waals surface area contributed by atoms with Gasteiger partial charge in [-0.15, -0.1) is 0 Å². The average Bonchev–Trinajstić information content (AvgIpc) is 2.67. The summed E-state index contributed by atoms with van der Waals surface area (Å²) in [6.45, 7) is 1.49. The van der Waals surface area contributed by atoms with Gasteiger partial charge in [-0.25, -0.2) is 0 Å². The van der Waals surface area contributed by atoms with Crippen LogP contribution in [-0.4, -0.2) is 40.6 Å². The third-order valence-electron chi connectivity index (χ3n) is 4.98. The van der Waals surface area contributed by atoms with Gasteiger partial charge in [0.25, 0.3) is 5.91 Å². The zero-order valence-corrected chi connectivity index (χ0v) is 13.9. The number of carbonyl (C=O) groups is 1. The Morgan fingerprint density at radius 2 is 2.04 bits per heavy atom. The van der Waals surface area contributed by atoms with E-state index in [2.05, 4.69) is 17.1 Å². The third kappa shape index (κ3) is 3.82. The van der Waals surface area contributed by atoms with Gasteiger partial charge in [-0.1, -0.05) is 30.3 Å². The summed E-state index contributed by atoms with van der Waals surface area (Å²) in [5, 5.41) is 10.0. The summed E-state index contributed by atoms with van der Waals surface area (Å²) < 4.78 is 0. The molecule has 2 heterocycles. The molecule has 1 unspecified atom stereocenters. The van der Waals surface area contributed by atoms with Crippen LogP contribution in [0.4, 0.5) is 0 Å². The van der Waals surface area contributed by atoms with Gasteiger partial charge in [0.2, 0.25) is 0 Å². The van der Waals surface area contributed by atoms with E-state index in [9.17, 15) is 9.90 Å². The number of likely N-dealkylation sites (tertiary alicyclic amines) is 1. The first-order chi connectivity index (χ1) is 11.7. The highest BCUT2D eigenvalue weighted by atomic mass is 16.3. The zero-order valence-electron chi connectivity index (χ0n) is 13.9. The van der Waals surface area contributed by atoms with Gasteiger partial charge in [0.1, 0.15) is 0 Å². The lowest BCUT2D eigenvalue weighted by Gasteiger charge is -2.42. The predicted octanol–water partition coefficient (Wildman–Crippen LogP) is 2.93. The van der Waals surface area contributed by atoms with Gasteiger partial charge in [-0.3, -0.25) is 9.78 Å². The standard InChI is InChI=1S/C20H24N2O2/c23-16-20(11-9-17-6-2-1-3-7-17)10-5-13-22(15-20)19(24)18-8-4-12-21-14-18/h1-4,6-8,12,14,23H,5,9-11,13,15-16H2. The van der Waals surface area contributed by atoms with E-state index in [1.807, 2.05) is 23.1 Å². The van der Waals surface area contributed by atoms with Crippen molar-refractivity contribution in [1.82, 2.24) is 9.88 Å². The second-order valence-corrected chi connectivity index (χ2v) is 6.72. The maximum Gasteiger partial charge on any atom is 0.255 e. The van der Waals surface area contributed by atoms with Crippen molar-refractivity contribution in [1.29, 1.82) is 0 Å². The van der Waals surface area contributed by atoms with Crippen LogP contribution in [0.15, 0.2) is 54.9 Å². The highest BCUT2D eigenvalue weighted by molar-refractivity contribution is 5.93. The van der Waals surface area contributed by atoms with Crippen LogP contribution in [0.1, 0.15) is 35.2 Å². The maximum absolute atomic E-state index is 12.7. The number of aliphatic hydroxyl groups is 1. The number of nitrogens with zero attached hydrogens (tertiary/aromatic N) is 2. The highest BCUT2D eigenvalue weighted by Gasteiger charge is 2.36. The number of hydrogen-bond acceptors (Lipinski definition) is 3. The molecule has 1 aromatic carbocycles. The van der Waals surface area contributed by atoms with E-state index < -0.39 is 0 Å². The summed E-state index contributed by atoms with van der Waals surface area (Å²) in [5.74, 6) is 0.0142. The summed E-state index contributed by atoms with van der Waals surface area (Å²) in [7, 11) is 0. The Balaban J connectivity index is 1.68. The van der Waals surface area contributed by atoms with Crippen LogP contribution in [0.2, 0.25) is 0 Å². The molecule has 1 aliphatic heterocycles. The van der Waals surface area contributed by atoms with Crippen molar-refractivity contribution in [2.24, 2.45) is 5.41 Å². The average molecular weight is 324 g/mol. The van der Waals surface area contributed by atoms with Gasteiger partial charge in [-0.2, -0.15) is 0 Å². The Morgan fingerprint density at radius 1 is 1.21 bits per heavy atom. The van der Waals surface area contributed by atoms with Crippen LogP contribution in [-0.2, 0) is 6.42 Å². The summed E-state index contributed by atoms with van der Waals surface area (Å²) in [4.78, 5) is 18.6. The SMILES string of the molecule is O=C(c1cccnc1)N1CCCC(CO)(CCc2ccccc2)C1. The normalized spacial score (nSPS) is 20.8. The van der Waals surface area contributed by atoms with E-state index in [1.165, 1.54) is 5.56 Å². The molecule has 2 aromatic rings. The van der Waals surface area contributed by atoms with Gasteiger partial charge in [0.15, 0.2) is 0 Å². The topological polar surface area (TPSA) is 53.4 Å². The van der Waals surface area contributed by atoms with E-state index >= 15 is 0 Å². The number of benzene rings is 1. The molecule has 1 aliphatic rings. The molecule has 3 rings (SSSR count). The van der Waals surface area contributed by atoms with Crippen LogP contribution in [0.3, 0.4) is 0 Å². The molecule has 4 nitrogen and oxygen atoms in total. The van der Waals surface area contributed by atoms with Crippen molar-refractivity contribution < 1.29 is 9.90 Å². The molecule has 1 fully saturated rings. The predicted molar refractivity (Wildman–Crippen MR) is 93.7 cm³/mol. The van der Waals surface area contributed by atoms with Crippen LogP contribution >= 0.6 is 0 Å². The van der Waals surface area contributed by atoms with Crippen molar-refractivity contribution in [3.8, 4) is 0 Å². The Kier molecular flexibility index (Phi) is 5.26. The Hall–Kier alpha value is -2.20. The minimum absolute atomic E-state index is 0.0142. The molecule has 0 spiro atoms. The molecule has 1 atom stereocenters. The molecule has 1 amide bonds. The molecule has 1 aromatic heterocycles. The summed E-state index contributed by atoms with van der Waals surface area (Å²) in [6, 6.07) is 13.9. The molecular weight excluding hydrogens is 300 g/mol. The number of carbonyl (C=O) groups excluding carboxylic acids is 1. The van der Waals surface area contributed by atoms with E-state index in [-0.39, 0.29) is 17.9 Å². The van der Waals surface area contributed by atoms with E-state index in [0.29, 0.717) is 12.1 Å². The molecule has 0 aliphatic carbocycles. The summed E-state index contributed by atoms with van der Waals surface area (Å²) >= 11 is 0. The fraction of sp³-hybridized carbons (Fsp3) is 0.400. The second-order valence-electron chi connectivity index (χ2n) is 6.72.